The molecule has 0 unspecified atom stereocenters. The molecule has 12 rings (SSSR count). The highest BCUT2D eigenvalue weighted by Gasteiger charge is 2.36. The lowest BCUT2D eigenvalue weighted by atomic mass is 9.81. The van der Waals surface area contributed by atoms with E-state index < -0.39 is 0 Å². The molecule has 8 aromatic carbocycles. The smallest absolute Gasteiger partial charge is 0.227 e. The van der Waals surface area contributed by atoms with E-state index in [1.165, 1.54) is 48.0 Å². The van der Waals surface area contributed by atoms with Crippen molar-refractivity contribution in [2.75, 3.05) is 0 Å². The van der Waals surface area contributed by atoms with Gasteiger partial charge in [0.05, 0.1) is 0 Å². The maximum atomic E-state index is 6.32. The van der Waals surface area contributed by atoms with Crippen LogP contribution in [0.2, 0.25) is 0 Å². The van der Waals surface area contributed by atoms with Crippen molar-refractivity contribution in [3.05, 3.63) is 193 Å². The Labute approximate surface area is 356 Å². The maximum Gasteiger partial charge on any atom is 0.227 e. The van der Waals surface area contributed by atoms with Crippen LogP contribution in [0.25, 0.3) is 110 Å². The minimum Gasteiger partial charge on any atom is -0.436 e. The average molecular weight is 801 g/mol. The Kier molecular flexibility index (Phi) is 7.99. The fourth-order valence-corrected chi connectivity index (χ4v) is 10.2. The first-order valence-electron chi connectivity index (χ1n) is 20.5. The van der Waals surface area contributed by atoms with Crippen LogP contribution in [0.15, 0.2) is 186 Å². The summed E-state index contributed by atoms with van der Waals surface area (Å²) in [5.41, 5.74) is 14.8. The Hall–Kier alpha value is -7.54. The molecule has 0 spiro atoms. The molecule has 1 aliphatic carbocycles. The lowest BCUT2D eigenvalue weighted by Crippen LogP contribution is -2.15. The van der Waals surface area contributed by atoms with Crippen LogP contribution in [-0.4, -0.2) is 19.9 Å². The molecule has 0 bridgehead atoms. The van der Waals surface area contributed by atoms with E-state index in [2.05, 4.69) is 159 Å². The number of hydrogen-bond donors (Lipinski definition) is 0. The van der Waals surface area contributed by atoms with Gasteiger partial charge in [-0.1, -0.05) is 147 Å². The minimum atomic E-state index is -0.242. The molecule has 5 nitrogen and oxygen atoms in total. The van der Waals surface area contributed by atoms with Gasteiger partial charge in [0.15, 0.2) is 23.1 Å². The third-order valence-electron chi connectivity index (χ3n) is 12.2. The number of aromatic nitrogens is 4. The number of rotatable bonds is 6. The molecule has 11 aromatic rings. The predicted octanol–water partition coefficient (Wildman–Crippen LogP) is 14.7. The summed E-state index contributed by atoms with van der Waals surface area (Å²) in [4.78, 5) is 20.5. The number of hydrogen-bond acceptors (Lipinski definition) is 6. The number of thiophene rings is 1. The lowest BCUT2D eigenvalue weighted by Gasteiger charge is -2.22. The summed E-state index contributed by atoms with van der Waals surface area (Å²) >= 11 is 1.78. The molecule has 3 heterocycles. The Balaban J connectivity index is 0.955. The zero-order valence-corrected chi connectivity index (χ0v) is 34.2. The number of benzene rings is 8. The van der Waals surface area contributed by atoms with Gasteiger partial charge >= 0.3 is 0 Å². The lowest BCUT2D eigenvalue weighted by molar-refractivity contribution is 0.614. The van der Waals surface area contributed by atoms with Crippen LogP contribution in [0.1, 0.15) is 25.0 Å². The topological polar surface area (TPSA) is 64.7 Å². The molecule has 0 aliphatic heterocycles. The van der Waals surface area contributed by atoms with Gasteiger partial charge in [-0.3, -0.25) is 0 Å². The van der Waals surface area contributed by atoms with Gasteiger partial charge in [-0.15, -0.1) is 11.3 Å². The monoisotopic (exact) mass is 800 g/mol. The number of fused-ring (bicyclic) bond motifs is 7. The standard InChI is InChI=1S/C55H36N4OS/c1-55(2)45-30-38(27-28-40(45)44-31-47-48(32-46(44)55)60-54(56-47)36-15-7-4-8-16-36)37-17-11-18-39(29-37)52-57-51(35-25-23-34(24-26-35)33-13-5-3-6-14-33)58-53(59-52)43-21-12-20-42-41-19-9-10-22-49(41)61-50(42)43/h3-32H,1-2H3. The van der Waals surface area contributed by atoms with E-state index in [1.807, 2.05) is 36.4 Å². The van der Waals surface area contributed by atoms with E-state index in [9.17, 15) is 0 Å². The normalized spacial score (nSPS) is 12.9. The Morgan fingerprint density at radius 3 is 1.82 bits per heavy atom. The molecule has 0 radical (unpaired) electrons. The summed E-state index contributed by atoms with van der Waals surface area (Å²) in [6.45, 7) is 4.60. The minimum absolute atomic E-state index is 0.242. The third kappa shape index (κ3) is 5.90. The maximum absolute atomic E-state index is 6.32. The predicted molar refractivity (Wildman–Crippen MR) is 250 cm³/mol. The quantitative estimate of drug-likeness (QED) is 0.168. The first kappa shape index (κ1) is 35.4. The molecule has 3 aromatic heterocycles. The van der Waals surface area contributed by atoms with Crippen molar-refractivity contribution >= 4 is 42.6 Å². The molecule has 1 aliphatic rings. The second kappa shape index (κ2) is 13.8. The highest BCUT2D eigenvalue weighted by molar-refractivity contribution is 7.26. The zero-order valence-electron chi connectivity index (χ0n) is 33.4. The molecule has 0 fully saturated rings. The van der Waals surface area contributed by atoms with Gasteiger partial charge < -0.3 is 4.42 Å². The van der Waals surface area contributed by atoms with Crippen LogP contribution in [0.3, 0.4) is 0 Å². The van der Waals surface area contributed by atoms with Gasteiger partial charge in [0.2, 0.25) is 5.89 Å². The summed E-state index contributed by atoms with van der Waals surface area (Å²) in [5, 5.41) is 2.45. The summed E-state index contributed by atoms with van der Waals surface area (Å²) in [5.74, 6) is 2.56. The van der Waals surface area contributed by atoms with E-state index in [0.717, 1.165) is 50.0 Å². The Bertz CT molecular complexity index is 3500. The van der Waals surface area contributed by atoms with Gasteiger partial charge in [0.25, 0.3) is 0 Å². The van der Waals surface area contributed by atoms with Gasteiger partial charge in [-0.2, -0.15) is 0 Å². The zero-order chi connectivity index (χ0) is 40.7. The van der Waals surface area contributed by atoms with Crippen molar-refractivity contribution in [3.63, 3.8) is 0 Å². The molecule has 0 saturated heterocycles. The molecular formula is C55H36N4OS. The van der Waals surface area contributed by atoms with Crippen LogP contribution in [0.5, 0.6) is 0 Å². The van der Waals surface area contributed by atoms with Gasteiger partial charge in [-0.25, -0.2) is 19.9 Å². The van der Waals surface area contributed by atoms with Crippen LogP contribution in [0, 0.1) is 0 Å². The fourth-order valence-electron chi connectivity index (χ4n) is 9.00. The van der Waals surface area contributed by atoms with Crippen molar-refractivity contribution < 1.29 is 4.42 Å². The van der Waals surface area contributed by atoms with Crippen molar-refractivity contribution in [2.24, 2.45) is 0 Å². The molecular weight excluding hydrogens is 765 g/mol. The van der Waals surface area contributed by atoms with Gasteiger partial charge in [0, 0.05) is 47.8 Å². The van der Waals surface area contributed by atoms with Crippen LogP contribution in [0.4, 0.5) is 0 Å². The van der Waals surface area contributed by atoms with Crippen molar-refractivity contribution in [2.45, 2.75) is 19.3 Å². The molecule has 288 valence electrons. The first-order valence-corrected chi connectivity index (χ1v) is 21.4. The van der Waals surface area contributed by atoms with E-state index in [0.29, 0.717) is 23.4 Å². The Morgan fingerprint density at radius 2 is 1.00 bits per heavy atom. The van der Waals surface area contributed by atoms with E-state index in [1.54, 1.807) is 11.3 Å². The largest absolute Gasteiger partial charge is 0.436 e. The summed E-state index contributed by atoms with van der Waals surface area (Å²) in [6.07, 6.45) is 0. The number of oxazole rings is 1. The molecule has 0 N–H and O–H groups in total. The second-order valence-electron chi connectivity index (χ2n) is 16.2. The van der Waals surface area contributed by atoms with Crippen molar-refractivity contribution in [1.29, 1.82) is 0 Å². The fraction of sp³-hybridized carbons (Fsp3) is 0.0545. The molecule has 0 saturated carbocycles. The molecule has 0 amide bonds. The van der Waals surface area contributed by atoms with Gasteiger partial charge in [0.1, 0.15) is 5.52 Å². The van der Waals surface area contributed by atoms with Crippen LogP contribution >= 0.6 is 11.3 Å². The summed E-state index contributed by atoms with van der Waals surface area (Å²) < 4.78 is 8.74. The molecule has 0 atom stereocenters. The highest BCUT2D eigenvalue weighted by Crippen LogP contribution is 2.51. The average Bonchev–Trinajstić information content (AvgIpc) is 3.99. The third-order valence-corrected chi connectivity index (χ3v) is 13.4. The van der Waals surface area contributed by atoms with E-state index >= 15 is 0 Å². The van der Waals surface area contributed by atoms with Crippen molar-refractivity contribution in [1.82, 2.24) is 19.9 Å². The second-order valence-corrected chi connectivity index (χ2v) is 17.3. The summed E-state index contributed by atoms with van der Waals surface area (Å²) in [6, 6.07) is 63.9. The van der Waals surface area contributed by atoms with Crippen molar-refractivity contribution in [3.8, 4) is 79.0 Å². The van der Waals surface area contributed by atoms with Crippen LogP contribution < -0.4 is 0 Å². The van der Waals surface area contributed by atoms with Gasteiger partial charge in [-0.05, 0) is 93.0 Å². The van der Waals surface area contributed by atoms with Crippen LogP contribution in [-0.2, 0) is 5.41 Å². The van der Waals surface area contributed by atoms with E-state index in [4.69, 9.17) is 24.4 Å². The number of nitrogens with zero attached hydrogens (tertiary/aromatic N) is 4. The Morgan fingerprint density at radius 1 is 0.410 bits per heavy atom. The SMILES string of the molecule is CC1(C)c2cc(-c3cccc(-c4nc(-c5ccc(-c6ccccc6)cc5)nc(-c5cccc6c5sc5ccccc56)n4)c3)ccc2-c2cc3nc(-c4ccccc4)oc3cc21. The highest BCUT2D eigenvalue weighted by atomic mass is 32.1. The molecule has 6 heteroatoms. The first-order chi connectivity index (χ1) is 29.9. The molecule has 61 heavy (non-hydrogen) atoms. The summed E-state index contributed by atoms with van der Waals surface area (Å²) in [7, 11) is 0. The van der Waals surface area contributed by atoms with E-state index in [-0.39, 0.29) is 5.41 Å².